The minimum Gasteiger partial charge on any atom is -0.340 e. The molecule has 1 fully saturated rings. The minimum absolute atomic E-state index is 0.298. The van der Waals surface area contributed by atoms with Crippen molar-refractivity contribution < 1.29 is 13.2 Å². The number of halogens is 4. The molecular formula is C27H27BrF3N3. The van der Waals surface area contributed by atoms with Crippen LogP contribution >= 0.6 is 15.9 Å². The van der Waals surface area contributed by atoms with Gasteiger partial charge >= 0.3 is 6.18 Å². The zero-order valence-corrected chi connectivity index (χ0v) is 20.4. The summed E-state index contributed by atoms with van der Waals surface area (Å²) in [5, 5.41) is 0. The zero-order chi connectivity index (χ0) is 23.7. The van der Waals surface area contributed by atoms with E-state index in [1.54, 1.807) is 12.1 Å². The Balaban J connectivity index is 1.33. The van der Waals surface area contributed by atoms with Gasteiger partial charge in [0.05, 0.1) is 5.56 Å². The van der Waals surface area contributed by atoms with Crippen molar-refractivity contribution in [3.63, 3.8) is 0 Å². The third kappa shape index (κ3) is 5.02. The van der Waals surface area contributed by atoms with E-state index >= 15 is 0 Å². The van der Waals surface area contributed by atoms with Crippen molar-refractivity contribution in [3.05, 3.63) is 94.0 Å². The molecule has 0 N–H and O–H groups in total. The van der Waals surface area contributed by atoms with Crippen LogP contribution in [0.25, 0.3) is 0 Å². The Morgan fingerprint density at radius 3 is 2.21 bits per heavy atom. The topological polar surface area (TPSA) is 9.72 Å². The highest BCUT2D eigenvalue weighted by Crippen LogP contribution is 2.39. The first-order chi connectivity index (χ1) is 16.4. The Bertz CT molecular complexity index is 1110. The van der Waals surface area contributed by atoms with Gasteiger partial charge in [0, 0.05) is 61.2 Å². The molecule has 1 saturated heterocycles. The van der Waals surface area contributed by atoms with E-state index in [1.807, 2.05) is 18.2 Å². The van der Waals surface area contributed by atoms with Gasteiger partial charge in [-0.15, -0.1) is 0 Å². The second kappa shape index (κ2) is 9.72. The Morgan fingerprint density at radius 2 is 1.53 bits per heavy atom. The highest BCUT2D eigenvalue weighted by molar-refractivity contribution is 9.10. The standard InChI is InChI=1S/C27H27BrF3N3/c28-25-7-4-8-26-24(25)17-23(19-34(26)22-11-9-21(10-12-22)27(29,30)31)33-15-13-32(14-16-33)18-20-5-2-1-3-6-20/h1-12,23H,13-19H2. The van der Waals surface area contributed by atoms with E-state index in [0.717, 1.165) is 61.5 Å². The number of benzene rings is 3. The molecule has 1 unspecified atom stereocenters. The Labute approximate surface area is 206 Å². The summed E-state index contributed by atoms with van der Waals surface area (Å²) in [5.41, 5.74) is 3.78. The fourth-order valence-corrected chi connectivity index (χ4v) is 5.58. The molecule has 0 spiro atoms. The fourth-order valence-electron chi connectivity index (χ4n) is 5.06. The molecule has 0 saturated carbocycles. The monoisotopic (exact) mass is 529 g/mol. The third-order valence-electron chi connectivity index (χ3n) is 6.90. The van der Waals surface area contributed by atoms with E-state index in [4.69, 9.17) is 0 Å². The van der Waals surface area contributed by atoms with Crippen LogP contribution in [-0.4, -0.2) is 48.6 Å². The lowest BCUT2D eigenvalue weighted by Crippen LogP contribution is -2.54. The summed E-state index contributed by atoms with van der Waals surface area (Å²) in [5.74, 6) is 0. The zero-order valence-electron chi connectivity index (χ0n) is 18.8. The molecule has 2 aliphatic rings. The SMILES string of the molecule is FC(F)(F)c1ccc(N2CC(N3CCN(Cc4ccccc4)CC3)Cc3c(Br)cccc32)cc1. The number of hydrogen-bond donors (Lipinski definition) is 0. The van der Waals surface area contributed by atoms with Crippen LogP contribution in [0.2, 0.25) is 0 Å². The molecule has 0 radical (unpaired) electrons. The molecule has 0 amide bonds. The smallest absolute Gasteiger partial charge is 0.340 e. The second-order valence-electron chi connectivity index (χ2n) is 9.05. The van der Waals surface area contributed by atoms with Crippen molar-refractivity contribution in [1.82, 2.24) is 9.80 Å². The molecule has 1 atom stereocenters. The maximum atomic E-state index is 13.1. The van der Waals surface area contributed by atoms with Crippen molar-refractivity contribution in [2.75, 3.05) is 37.6 Å². The number of piperazine rings is 1. The van der Waals surface area contributed by atoms with Gasteiger partial charge in [-0.1, -0.05) is 52.3 Å². The van der Waals surface area contributed by atoms with Gasteiger partial charge in [0.1, 0.15) is 0 Å². The fraction of sp³-hybridized carbons (Fsp3) is 0.333. The average molecular weight is 530 g/mol. The van der Waals surface area contributed by atoms with Gasteiger partial charge in [-0.25, -0.2) is 0 Å². The lowest BCUT2D eigenvalue weighted by molar-refractivity contribution is -0.137. The van der Waals surface area contributed by atoms with E-state index in [9.17, 15) is 13.2 Å². The molecule has 5 rings (SSSR count). The van der Waals surface area contributed by atoms with E-state index in [2.05, 4.69) is 61.0 Å². The summed E-state index contributed by atoms with van der Waals surface area (Å²) in [4.78, 5) is 7.21. The summed E-state index contributed by atoms with van der Waals surface area (Å²) in [6.07, 6.45) is -3.41. The first-order valence-corrected chi connectivity index (χ1v) is 12.4. The number of alkyl halides is 3. The average Bonchev–Trinajstić information content (AvgIpc) is 2.84. The molecule has 0 aromatic heterocycles. The number of hydrogen-bond acceptors (Lipinski definition) is 3. The minimum atomic E-state index is -4.33. The summed E-state index contributed by atoms with van der Waals surface area (Å²) >= 11 is 3.72. The van der Waals surface area contributed by atoms with Crippen molar-refractivity contribution in [2.45, 2.75) is 25.2 Å². The van der Waals surface area contributed by atoms with Crippen molar-refractivity contribution in [1.29, 1.82) is 0 Å². The van der Waals surface area contributed by atoms with Crippen molar-refractivity contribution in [2.24, 2.45) is 0 Å². The van der Waals surface area contributed by atoms with E-state index in [-0.39, 0.29) is 0 Å². The summed E-state index contributed by atoms with van der Waals surface area (Å²) in [7, 11) is 0. The summed E-state index contributed by atoms with van der Waals surface area (Å²) in [6.45, 7) is 5.71. The normalized spacial score (nSPS) is 19.8. The van der Waals surface area contributed by atoms with Crippen LogP contribution in [0.5, 0.6) is 0 Å². The van der Waals surface area contributed by atoms with Crippen LogP contribution in [0.4, 0.5) is 24.5 Å². The highest BCUT2D eigenvalue weighted by atomic mass is 79.9. The summed E-state index contributed by atoms with van der Waals surface area (Å²) in [6, 6.07) is 22.5. The van der Waals surface area contributed by atoms with Crippen molar-refractivity contribution >= 4 is 27.3 Å². The second-order valence-corrected chi connectivity index (χ2v) is 9.90. The van der Waals surface area contributed by atoms with Crippen LogP contribution in [-0.2, 0) is 19.1 Å². The predicted molar refractivity (Wildman–Crippen MR) is 133 cm³/mol. The Hall–Kier alpha value is -2.35. The quantitative estimate of drug-likeness (QED) is 0.390. The molecule has 3 aromatic rings. The van der Waals surface area contributed by atoms with Crippen LogP contribution in [0.15, 0.2) is 77.3 Å². The van der Waals surface area contributed by atoms with Crippen LogP contribution in [0, 0.1) is 0 Å². The third-order valence-corrected chi connectivity index (χ3v) is 7.64. The van der Waals surface area contributed by atoms with Gasteiger partial charge in [0.2, 0.25) is 0 Å². The number of rotatable bonds is 4. The molecule has 7 heteroatoms. The van der Waals surface area contributed by atoms with Crippen LogP contribution in [0.3, 0.4) is 0 Å². The predicted octanol–water partition coefficient (Wildman–Crippen LogP) is 6.35. The largest absolute Gasteiger partial charge is 0.416 e. The molecule has 34 heavy (non-hydrogen) atoms. The van der Waals surface area contributed by atoms with E-state index in [1.165, 1.54) is 23.3 Å². The van der Waals surface area contributed by atoms with Crippen LogP contribution < -0.4 is 4.90 Å². The van der Waals surface area contributed by atoms with Gasteiger partial charge in [0.15, 0.2) is 0 Å². The van der Waals surface area contributed by atoms with E-state index in [0.29, 0.717) is 6.04 Å². The van der Waals surface area contributed by atoms with Gasteiger partial charge in [0.25, 0.3) is 0 Å². The molecule has 3 aromatic carbocycles. The molecule has 0 bridgehead atoms. The molecule has 178 valence electrons. The van der Waals surface area contributed by atoms with Gasteiger partial charge < -0.3 is 4.90 Å². The van der Waals surface area contributed by atoms with Crippen molar-refractivity contribution in [3.8, 4) is 0 Å². The maximum Gasteiger partial charge on any atom is 0.416 e. The van der Waals surface area contributed by atoms with Gasteiger partial charge in [-0.3, -0.25) is 9.80 Å². The number of nitrogens with zero attached hydrogens (tertiary/aromatic N) is 3. The molecular weight excluding hydrogens is 503 g/mol. The van der Waals surface area contributed by atoms with Gasteiger partial charge in [-0.05, 0) is 53.9 Å². The lowest BCUT2D eigenvalue weighted by atomic mass is 9.95. The Kier molecular flexibility index (Phi) is 6.69. The van der Waals surface area contributed by atoms with Gasteiger partial charge in [-0.2, -0.15) is 13.2 Å². The maximum absolute atomic E-state index is 13.1. The Morgan fingerprint density at radius 1 is 0.824 bits per heavy atom. The number of fused-ring (bicyclic) bond motifs is 1. The first-order valence-electron chi connectivity index (χ1n) is 11.6. The molecule has 3 nitrogen and oxygen atoms in total. The summed E-state index contributed by atoms with van der Waals surface area (Å²) < 4.78 is 40.3. The van der Waals surface area contributed by atoms with Crippen LogP contribution in [0.1, 0.15) is 16.7 Å². The highest BCUT2D eigenvalue weighted by Gasteiger charge is 2.33. The van der Waals surface area contributed by atoms with E-state index < -0.39 is 11.7 Å². The molecule has 2 heterocycles. The number of anilines is 2. The molecule has 2 aliphatic heterocycles. The lowest BCUT2D eigenvalue weighted by Gasteiger charge is -2.44. The molecule has 0 aliphatic carbocycles. The first kappa shape index (κ1) is 23.4.